The molecular weight excluding hydrogens is 362 g/mol. The number of sulfonamides is 2. The quantitative estimate of drug-likeness (QED) is 0.533. The number of anilines is 1. The molecule has 0 bridgehead atoms. The van der Waals surface area contributed by atoms with Gasteiger partial charge in [-0.2, -0.15) is 0 Å². The van der Waals surface area contributed by atoms with Crippen LogP contribution in [-0.2, 0) is 20.0 Å². The minimum atomic E-state index is -3.70. The Morgan fingerprint density at radius 3 is 2.04 bits per heavy atom. The fraction of sp³-hybridized carbons (Fsp3) is 0.625. The van der Waals surface area contributed by atoms with Gasteiger partial charge >= 0.3 is 0 Å². The molecule has 25 heavy (non-hydrogen) atoms. The van der Waals surface area contributed by atoms with Crippen LogP contribution < -0.4 is 15.2 Å². The number of unbranched alkanes of at least 4 members (excludes halogenated alkanes) is 1. The van der Waals surface area contributed by atoms with Crippen molar-refractivity contribution in [1.82, 2.24) is 4.72 Å². The van der Waals surface area contributed by atoms with E-state index in [-0.39, 0.29) is 17.2 Å². The molecule has 0 unspecified atom stereocenters. The molecule has 0 spiro atoms. The molecule has 1 aromatic carbocycles. The molecule has 0 amide bonds. The Hall–Kier alpha value is -1.16. The van der Waals surface area contributed by atoms with Crippen LogP contribution in [0.1, 0.15) is 46.5 Å². The van der Waals surface area contributed by atoms with Crippen LogP contribution in [0.25, 0.3) is 0 Å². The lowest BCUT2D eigenvalue weighted by molar-refractivity contribution is 0.392. The fourth-order valence-electron chi connectivity index (χ4n) is 2.09. The van der Waals surface area contributed by atoms with E-state index in [4.69, 9.17) is 5.73 Å². The van der Waals surface area contributed by atoms with E-state index >= 15 is 0 Å². The number of rotatable bonds is 11. The summed E-state index contributed by atoms with van der Waals surface area (Å²) in [6, 6.07) is 5.62. The zero-order valence-corrected chi connectivity index (χ0v) is 16.7. The smallest absolute Gasteiger partial charge is 0.240 e. The molecule has 0 aliphatic heterocycles. The number of nitrogens with two attached hydrogens (primary N) is 1. The molecule has 0 fully saturated rings. The number of benzene rings is 1. The van der Waals surface area contributed by atoms with Gasteiger partial charge in [0.05, 0.1) is 10.6 Å². The Morgan fingerprint density at radius 2 is 1.56 bits per heavy atom. The summed E-state index contributed by atoms with van der Waals surface area (Å²) in [5.74, 6) is 0.0394. The molecule has 0 aliphatic rings. The lowest BCUT2D eigenvalue weighted by atomic mass is 9.95. The van der Waals surface area contributed by atoms with Gasteiger partial charge in [-0.3, -0.25) is 4.72 Å². The number of hydrogen-bond donors (Lipinski definition) is 3. The maximum Gasteiger partial charge on any atom is 0.240 e. The first-order valence-electron chi connectivity index (χ1n) is 8.46. The predicted octanol–water partition coefficient (Wildman–Crippen LogP) is 2.02. The van der Waals surface area contributed by atoms with Gasteiger partial charge in [-0.1, -0.05) is 27.2 Å². The van der Waals surface area contributed by atoms with Gasteiger partial charge in [0.1, 0.15) is 0 Å². The summed E-state index contributed by atoms with van der Waals surface area (Å²) in [5.41, 5.74) is 5.87. The van der Waals surface area contributed by atoms with Crippen molar-refractivity contribution in [3.8, 4) is 0 Å². The molecule has 0 heterocycles. The largest absolute Gasteiger partial charge is 0.324 e. The van der Waals surface area contributed by atoms with E-state index in [9.17, 15) is 16.8 Å². The van der Waals surface area contributed by atoms with E-state index < -0.39 is 25.6 Å². The van der Waals surface area contributed by atoms with E-state index in [1.165, 1.54) is 24.3 Å². The van der Waals surface area contributed by atoms with Crippen LogP contribution in [0.4, 0.5) is 5.69 Å². The molecule has 0 aromatic heterocycles. The van der Waals surface area contributed by atoms with Gasteiger partial charge < -0.3 is 5.73 Å². The monoisotopic (exact) mass is 391 g/mol. The van der Waals surface area contributed by atoms with Crippen LogP contribution in [0.5, 0.6) is 0 Å². The van der Waals surface area contributed by atoms with Crippen LogP contribution in [0.3, 0.4) is 0 Å². The van der Waals surface area contributed by atoms with Gasteiger partial charge in [0.2, 0.25) is 20.0 Å². The highest BCUT2D eigenvalue weighted by Gasteiger charge is 2.24. The van der Waals surface area contributed by atoms with E-state index in [0.29, 0.717) is 24.9 Å². The van der Waals surface area contributed by atoms with Crippen molar-refractivity contribution in [2.45, 2.75) is 56.9 Å². The van der Waals surface area contributed by atoms with Crippen molar-refractivity contribution in [3.63, 3.8) is 0 Å². The molecular formula is C16H29N3O4S2. The van der Waals surface area contributed by atoms with Gasteiger partial charge in [-0.05, 0) is 43.5 Å². The highest BCUT2D eigenvalue weighted by atomic mass is 32.2. The van der Waals surface area contributed by atoms with Gasteiger partial charge in [-0.25, -0.2) is 21.6 Å². The zero-order chi connectivity index (χ0) is 19.1. The lowest BCUT2D eigenvalue weighted by Gasteiger charge is -2.26. The molecule has 1 aromatic rings. The highest BCUT2D eigenvalue weighted by Crippen LogP contribution is 2.17. The Kier molecular flexibility index (Phi) is 7.86. The van der Waals surface area contributed by atoms with Crippen molar-refractivity contribution in [2.75, 3.05) is 17.0 Å². The van der Waals surface area contributed by atoms with Crippen LogP contribution in [0.2, 0.25) is 0 Å². The Labute approximate surface area is 151 Å². The molecule has 0 atom stereocenters. The summed E-state index contributed by atoms with van der Waals surface area (Å²) in [6.07, 6.45) is 2.67. The standard InChI is InChI=1S/C16H29N3O4S2/c1-4-7-12-24(20,21)19-14-8-10-15(11-9-14)25(22,23)18-13-16(17,5-2)6-3/h8-11,18-19H,4-7,12-13,17H2,1-3H3. The molecule has 144 valence electrons. The summed E-state index contributed by atoms with van der Waals surface area (Å²) >= 11 is 0. The third-order valence-corrected chi connectivity index (χ3v) is 7.02. The second kappa shape index (κ2) is 8.98. The maximum atomic E-state index is 12.3. The molecule has 4 N–H and O–H groups in total. The first-order chi connectivity index (χ1) is 11.6. The zero-order valence-electron chi connectivity index (χ0n) is 15.1. The van der Waals surface area contributed by atoms with Gasteiger partial charge in [-0.15, -0.1) is 0 Å². The predicted molar refractivity (Wildman–Crippen MR) is 101 cm³/mol. The molecule has 0 saturated carbocycles. The fourth-order valence-corrected chi connectivity index (χ4v) is 4.49. The first kappa shape index (κ1) is 21.9. The maximum absolute atomic E-state index is 12.3. The second-order valence-corrected chi connectivity index (χ2v) is 9.80. The molecule has 9 heteroatoms. The third-order valence-electron chi connectivity index (χ3n) is 4.23. The Bertz CT molecular complexity index is 740. The normalized spacial score (nSPS) is 13.0. The number of hydrogen-bond acceptors (Lipinski definition) is 5. The summed E-state index contributed by atoms with van der Waals surface area (Å²) in [4.78, 5) is 0.0681. The molecule has 0 aliphatic carbocycles. The van der Waals surface area contributed by atoms with Gasteiger partial charge in [0.25, 0.3) is 0 Å². The van der Waals surface area contributed by atoms with Crippen molar-refractivity contribution in [1.29, 1.82) is 0 Å². The van der Waals surface area contributed by atoms with Gasteiger partial charge in [0.15, 0.2) is 0 Å². The third kappa shape index (κ3) is 6.93. The minimum Gasteiger partial charge on any atom is -0.324 e. The summed E-state index contributed by atoms with van der Waals surface area (Å²) in [6.45, 7) is 5.89. The lowest BCUT2D eigenvalue weighted by Crippen LogP contribution is -2.49. The van der Waals surface area contributed by atoms with Crippen LogP contribution in [0.15, 0.2) is 29.2 Å². The second-order valence-electron chi connectivity index (χ2n) is 6.19. The molecule has 7 nitrogen and oxygen atoms in total. The van der Waals surface area contributed by atoms with Crippen LogP contribution >= 0.6 is 0 Å². The summed E-state index contributed by atoms with van der Waals surface area (Å²) in [7, 11) is -7.11. The van der Waals surface area contributed by atoms with Crippen LogP contribution in [-0.4, -0.2) is 34.7 Å². The van der Waals surface area contributed by atoms with Crippen molar-refractivity contribution in [2.24, 2.45) is 5.73 Å². The Morgan fingerprint density at radius 1 is 1.00 bits per heavy atom. The van der Waals surface area contributed by atoms with E-state index in [1.54, 1.807) is 0 Å². The average molecular weight is 392 g/mol. The minimum absolute atomic E-state index is 0.0394. The average Bonchev–Trinajstić information content (AvgIpc) is 2.58. The van der Waals surface area contributed by atoms with Crippen molar-refractivity contribution in [3.05, 3.63) is 24.3 Å². The SMILES string of the molecule is CCCCS(=O)(=O)Nc1ccc(S(=O)(=O)NCC(N)(CC)CC)cc1. The number of nitrogens with one attached hydrogen (secondary N) is 2. The van der Waals surface area contributed by atoms with E-state index in [1.807, 2.05) is 20.8 Å². The van der Waals surface area contributed by atoms with E-state index in [0.717, 1.165) is 6.42 Å². The van der Waals surface area contributed by atoms with Crippen molar-refractivity contribution < 1.29 is 16.8 Å². The van der Waals surface area contributed by atoms with Crippen molar-refractivity contribution >= 4 is 25.7 Å². The van der Waals surface area contributed by atoms with Crippen LogP contribution in [0, 0.1) is 0 Å². The topological polar surface area (TPSA) is 118 Å². The highest BCUT2D eigenvalue weighted by molar-refractivity contribution is 7.92. The molecule has 1 rings (SSSR count). The summed E-state index contributed by atoms with van der Waals surface area (Å²) < 4.78 is 53.4. The first-order valence-corrected chi connectivity index (χ1v) is 11.6. The molecule has 0 saturated heterocycles. The molecule has 0 radical (unpaired) electrons. The summed E-state index contributed by atoms with van der Waals surface area (Å²) in [5, 5.41) is 0. The Balaban J connectivity index is 2.81. The van der Waals surface area contributed by atoms with Gasteiger partial charge in [0, 0.05) is 17.8 Å². The van der Waals surface area contributed by atoms with E-state index in [2.05, 4.69) is 9.44 Å².